The maximum atomic E-state index is 12.7. The number of H-pyrrole nitrogens is 1. The van der Waals surface area contributed by atoms with Crippen molar-refractivity contribution in [2.45, 2.75) is 18.8 Å². The maximum Gasteiger partial charge on any atom is 0.220 e. The van der Waals surface area contributed by atoms with Gasteiger partial charge < -0.3 is 24.5 Å². The summed E-state index contributed by atoms with van der Waals surface area (Å²) in [6.45, 7) is 1.21. The van der Waals surface area contributed by atoms with Crippen molar-refractivity contribution >= 4 is 16.8 Å². The lowest BCUT2D eigenvalue weighted by atomic mass is 9.87. The molecule has 0 spiro atoms. The molecule has 154 valence electrons. The molecule has 0 bridgehead atoms. The van der Waals surface area contributed by atoms with E-state index >= 15 is 0 Å². The first kappa shape index (κ1) is 20.7. The third-order valence-corrected chi connectivity index (χ3v) is 5.05. The van der Waals surface area contributed by atoms with E-state index < -0.39 is 0 Å². The maximum absolute atomic E-state index is 12.7. The van der Waals surface area contributed by atoms with Gasteiger partial charge in [0.05, 0.1) is 14.2 Å². The van der Waals surface area contributed by atoms with Gasteiger partial charge >= 0.3 is 0 Å². The second-order valence-electron chi connectivity index (χ2n) is 6.85. The largest absolute Gasteiger partial charge is 0.497 e. The Morgan fingerprint density at radius 3 is 2.66 bits per heavy atom. The van der Waals surface area contributed by atoms with Crippen LogP contribution in [0.25, 0.3) is 10.9 Å². The lowest BCUT2D eigenvalue weighted by molar-refractivity contribution is -0.121. The van der Waals surface area contributed by atoms with Crippen molar-refractivity contribution in [2.75, 3.05) is 34.5 Å². The summed E-state index contributed by atoms with van der Waals surface area (Å²) in [6.07, 6.45) is 3.08. The Balaban J connectivity index is 1.95. The molecule has 1 amide bonds. The Hall–Kier alpha value is -2.99. The molecule has 0 saturated carbocycles. The zero-order valence-corrected chi connectivity index (χ0v) is 17.2. The number of aromatic amines is 1. The van der Waals surface area contributed by atoms with Crippen LogP contribution in [0, 0.1) is 0 Å². The summed E-state index contributed by atoms with van der Waals surface area (Å²) >= 11 is 0. The number of methoxy groups -OCH3 is 3. The van der Waals surface area contributed by atoms with Crippen molar-refractivity contribution in [1.29, 1.82) is 0 Å². The zero-order valence-electron chi connectivity index (χ0n) is 17.2. The molecule has 2 N–H and O–H groups in total. The molecule has 6 heteroatoms. The summed E-state index contributed by atoms with van der Waals surface area (Å²) in [5.41, 5.74) is 3.06. The van der Waals surface area contributed by atoms with Crippen molar-refractivity contribution in [3.63, 3.8) is 0 Å². The summed E-state index contributed by atoms with van der Waals surface area (Å²) in [4.78, 5) is 16.0. The normalized spacial score (nSPS) is 12.0. The molecule has 29 heavy (non-hydrogen) atoms. The first-order chi connectivity index (χ1) is 14.2. The number of amides is 1. The summed E-state index contributed by atoms with van der Waals surface area (Å²) in [6, 6.07) is 13.8. The minimum Gasteiger partial charge on any atom is -0.497 e. The highest BCUT2D eigenvalue weighted by molar-refractivity contribution is 5.86. The van der Waals surface area contributed by atoms with Crippen LogP contribution in [0.15, 0.2) is 48.7 Å². The fraction of sp³-hybridized carbons (Fsp3) is 0.348. The van der Waals surface area contributed by atoms with Crippen LogP contribution in [-0.2, 0) is 9.53 Å². The van der Waals surface area contributed by atoms with Crippen LogP contribution in [0.3, 0.4) is 0 Å². The van der Waals surface area contributed by atoms with Crippen LogP contribution in [0.2, 0.25) is 0 Å². The number of rotatable bonds is 10. The van der Waals surface area contributed by atoms with Crippen molar-refractivity contribution in [3.05, 3.63) is 59.8 Å². The van der Waals surface area contributed by atoms with Gasteiger partial charge in [-0.1, -0.05) is 24.3 Å². The molecule has 1 heterocycles. The van der Waals surface area contributed by atoms with Gasteiger partial charge in [0.1, 0.15) is 11.5 Å². The van der Waals surface area contributed by atoms with Gasteiger partial charge in [0.25, 0.3) is 0 Å². The topological polar surface area (TPSA) is 72.6 Å². The predicted octanol–water partition coefficient (Wildman–Crippen LogP) is 3.86. The van der Waals surface area contributed by atoms with Crippen molar-refractivity contribution in [3.8, 4) is 11.5 Å². The second kappa shape index (κ2) is 9.98. The van der Waals surface area contributed by atoms with Gasteiger partial charge in [-0.05, 0) is 24.1 Å². The van der Waals surface area contributed by atoms with E-state index in [1.165, 1.54) is 0 Å². The second-order valence-corrected chi connectivity index (χ2v) is 6.85. The van der Waals surface area contributed by atoms with Crippen LogP contribution >= 0.6 is 0 Å². The molecule has 0 fully saturated rings. The standard InChI is InChI=1S/C23H28N2O4/c1-27-12-6-11-24-23(26)14-19(18-10-9-16(28-2)13-22(18)29-3)20-15-25-21-8-5-4-7-17(20)21/h4-5,7-10,13,15,19,25H,6,11-12,14H2,1-3H3,(H,24,26)/t19-/m0/s1. The molecule has 0 unspecified atom stereocenters. The highest BCUT2D eigenvalue weighted by atomic mass is 16.5. The Morgan fingerprint density at radius 1 is 1.07 bits per heavy atom. The fourth-order valence-corrected chi connectivity index (χ4v) is 3.58. The van der Waals surface area contributed by atoms with E-state index in [0.29, 0.717) is 31.1 Å². The van der Waals surface area contributed by atoms with E-state index in [2.05, 4.69) is 16.4 Å². The van der Waals surface area contributed by atoms with Crippen molar-refractivity contribution in [1.82, 2.24) is 10.3 Å². The molecule has 0 aliphatic carbocycles. The number of carbonyl (C=O) groups is 1. The Bertz CT molecular complexity index is 951. The smallest absolute Gasteiger partial charge is 0.220 e. The Kier molecular flexibility index (Phi) is 7.14. The molecular weight excluding hydrogens is 368 g/mol. The van der Waals surface area contributed by atoms with Gasteiger partial charge in [0.15, 0.2) is 0 Å². The molecule has 0 radical (unpaired) electrons. The zero-order chi connectivity index (χ0) is 20.6. The summed E-state index contributed by atoms with van der Waals surface area (Å²) < 4.78 is 16.0. The van der Waals surface area contributed by atoms with Crippen LogP contribution in [0.5, 0.6) is 11.5 Å². The number of aromatic nitrogens is 1. The average Bonchev–Trinajstić information content (AvgIpc) is 3.18. The highest BCUT2D eigenvalue weighted by Crippen LogP contribution is 2.39. The third kappa shape index (κ3) is 4.90. The molecule has 0 aliphatic heterocycles. The van der Waals surface area contributed by atoms with Crippen LogP contribution < -0.4 is 14.8 Å². The number of benzene rings is 2. The molecule has 1 atom stereocenters. The van der Waals surface area contributed by atoms with E-state index in [4.69, 9.17) is 14.2 Å². The first-order valence-electron chi connectivity index (χ1n) is 9.71. The summed E-state index contributed by atoms with van der Waals surface area (Å²) in [7, 11) is 4.92. The number of hydrogen-bond acceptors (Lipinski definition) is 4. The van der Waals surface area contributed by atoms with Crippen molar-refractivity contribution < 1.29 is 19.0 Å². The van der Waals surface area contributed by atoms with Gasteiger partial charge in [-0.25, -0.2) is 0 Å². The van der Waals surface area contributed by atoms with Crippen LogP contribution in [0.4, 0.5) is 0 Å². The molecule has 0 saturated heterocycles. The number of carbonyl (C=O) groups excluding carboxylic acids is 1. The predicted molar refractivity (Wildman–Crippen MR) is 114 cm³/mol. The van der Waals surface area contributed by atoms with Gasteiger partial charge in [0, 0.05) is 61.3 Å². The summed E-state index contributed by atoms with van der Waals surface area (Å²) in [5, 5.41) is 4.09. The third-order valence-electron chi connectivity index (χ3n) is 5.05. The van der Waals surface area contributed by atoms with E-state index in [-0.39, 0.29) is 11.8 Å². The molecule has 1 aromatic heterocycles. The minimum absolute atomic E-state index is 0.00532. The minimum atomic E-state index is -0.158. The number of para-hydroxylation sites is 1. The lowest BCUT2D eigenvalue weighted by Crippen LogP contribution is -2.27. The van der Waals surface area contributed by atoms with Crippen LogP contribution in [-0.4, -0.2) is 45.4 Å². The molecule has 3 aromatic rings. The van der Waals surface area contributed by atoms with E-state index in [9.17, 15) is 4.79 Å². The van der Waals surface area contributed by atoms with E-state index in [1.54, 1.807) is 21.3 Å². The monoisotopic (exact) mass is 396 g/mol. The molecule has 3 rings (SSSR count). The first-order valence-corrected chi connectivity index (χ1v) is 9.71. The number of nitrogens with one attached hydrogen (secondary N) is 2. The molecule has 0 aliphatic rings. The number of hydrogen-bond donors (Lipinski definition) is 2. The van der Waals surface area contributed by atoms with Gasteiger partial charge in [0.2, 0.25) is 5.91 Å². The Labute approximate surface area is 171 Å². The van der Waals surface area contributed by atoms with Gasteiger partial charge in [-0.15, -0.1) is 0 Å². The summed E-state index contributed by atoms with van der Waals surface area (Å²) in [5.74, 6) is 1.25. The SMILES string of the molecule is COCCCNC(=O)C[C@@H](c1ccc(OC)cc1OC)c1c[nH]c2ccccc12. The number of ether oxygens (including phenoxy) is 3. The van der Waals surface area contributed by atoms with Crippen molar-refractivity contribution in [2.24, 2.45) is 0 Å². The highest BCUT2D eigenvalue weighted by Gasteiger charge is 2.24. The van der Waals surface area contributed by atoms with Crippen LogP contribution in [0.1, 0.15) is 29.9 Å². The quantitative estimate of drug-likeness (QED) is 0.511. The fourth-order valence-electron chi connectivity index (χ4n) is 3.58. The number of fused-ring (bicyclic) bond motifs is 1. The Morgan fingerprint density at radius 2 is 1.90 bits per heavy atom. The van der Waals surface area contributed by atoms with E-state index in [1.807, 2.05) is 42.6 Å². The van der Waals surface area contributed by atoms with Gasteiger partial charge in [-0.2, -0.15) is 0 Å². The molecular formula is C23H28N2O4. The molecule has 6 nitrogen and oxygen atoms in total. The average molecular weight is 396 g/mol. The molecule has 2 aromatic carbocycles. The van der Waals surface area contributed by atoms with Gasteiger partial charge in [-0.3, -0.25) is 4.79 Å². The lowest BCUT2D eigenvalue weighted by Gasteiger charge is -2.20. The van der Waals surface area contributed by atoms with E-state index in [0.717, 1.165) is 28.5 Å².